The summed E-state index contributed by atoms with van der Waals surface area (Å²) in [6, 6.07) is 4.87. The number of benzene rings is 1. The van der Waals surface area contributed by atoms with E-state index in [0.29, 0.717) is 4.90 Å². The highest BCUT2D eigenvalue weighted by Crippen LogP contribution is 2.25. The third kappa shape index (κ3) is 2.36. The third-order valence-corrected chi connectivity index (χ3v) is 2.62. The molecular weight excluding hydrogens is 246 g/mol. The Morgan fingerprint density at radius 3 is 2.26 bits per heavy atom. The van der Waals surface area contributed by atoms with Gasteiger partial charge in [0.1, 0.15) is 5.60 Å². The molecule has 0 aromatic heterocycles. The lowest BCUT2D eigenvalue weighted by Crippen LogP contribution is -2.40. The first kappa shape index (κ1) is 13.3. The van der Waals surface area contributed by atoms with Gasteiger partial charge in [0, 0.05) is 0 Å². The van der Waals surface area contributed by atoms with Crippen molar-refractivity contribution in [2.24, 2.45) is 0 Å². The molecule has 1 aromatic carbocycles. The van der Waals surface area contributed by atoms with Gasteiger partial charge in [-0.2, -0.15) is 4.90 Å². The molecule has 1 aromatic rings. The number of amides is 3. The van der Waals surface area contributed by atoms with E-state index in [9.17, 15) is 14.4 Å². The topological polar surface area (TPSA) is 63.7 Å². The third-order valence-electron chi connectivity index (χ3n) is 2.62. The first-order valence-corrected chi connectivity index (χ1v) is 5.93. The highest BCUT2D eigenvalue weighted by Gasteiger charge is 2.42. The molecule has 0 aliphatic carbocycles. The second kappa shape index (κ2) is 4.19. The molecule has 0 N–H and O–H groups in total. The number of carbonyl (C=O) groups is 3. The lowest BCUT2D eigenvalue weighted by atomic mass is 10.1. The van der Waals surface area contributed by atoms with Crippen LogP contribution in [0, 0.1) is 6.92 Å². The molecule has 0 fully saturated rings. The highest BCUT2D eigenvalue weighted by atomic mass is 16.6. The Bertz CT molecular complexity index is 584. The number of ether oxygens (including phenoxy) is 1. The molecule has 0 radical (unpaired) electrons. The SMILES string of the molecule is Cc1ccc2c(c1)C(=O)N(C(=O)OC(C)(C)C)C2=O. The van der Waals surface area contributed by atoms with Gasteiger partial charge in [0.25, 0.3) is 11.8 Å². The van der Waals surface area contributed by atoms with Crippen LogP contribution in [-0.2, 0) is 4.74 Å². The predicted molar refractivity (Wildman–Crippen MR) is 67.9 cm³/mol. The zero-order valence-corrected chi connectivity index (χ0v) is 11.3. The minimum absolute atomic E-state index is 0.237. The first-order chi connectivity index (χ1) is 8.70. The van der Waals surface area contributed by atoms with Crippen molar-refractivity contribution in [1.29, 1.82) is 0 Å². The van der Waals surface area contributed by atoms with Crippen molar-refractivity contribution in [3.05, 3.63) is 34.9 Å². The molecule has 1 aliphatic rings. The van der Waals surface area contributed by atoms with Crippen LogP contribution in [0.15, 0.2) is 18.2 Å². The van der Waals surface area contributed by atoms with E-state index < -0.39 is 23.5 Å². The van der Waals surface area contributed by atoms with E-state index in [1.54, 1.807) is 39.0 Å². The largest absolute Gasteiger partial charge is 0.443 e. The number of hydrogen-bond acceptors (Lipinski definition) is 4. The second-order valence-corrected chi connectivity index (χ2v) is 5.48. The van der Waals surface area contributed by atoms with Crippen LogP contribution < -0.4 is 0 Å². The summed E-state index contributed by atoms with van der Waals surface area (Å²) in [6.07, 6.45) is -0.934. The van der Waals surface area contributed by atoms with Crippen molar-refractivity contribution >= 4 is 17.9 Å². The van der Waals surface area contributed by atoms with E-state index in [1.807, 2.05) is 6.92 Å². The summed E-state index contributed by atoms with van der Waals surface area (Å²) in [6.45, 7) is 6.84. The molecule has 100 valence electrons. The van der Waals surface area contributed by atoms with Crippen molar-refractivity contribution in [3.63, 3.8) is 0 Å². The Balaban J connectivity index is 2.35. The van der Waals surface area contributed by atoms with Gasteiger partial charge >= 0.3 is 6.09 Å². The van der Waals surface area contributed by atoms with Gasteiger partial charge < -0.3 is 4.74 Å². The molecule has 19 heavy (non-hydrogen) atoms. The quantitative estimate of drug-likeness (QED) is 0.673. The van der Waals surface area contributed by atoms with Crippen LogP contribution in [0.2, 0.25) is 0 Å². The van der Waals surface area contributed by atoms with Crippen LogP contribution in [0.1, 0.15) is 47.1 Å². The van der Waals surface area contributed by atoms with Crippen LogP contribution in [0.5, 0.6) is 0 Å². The Hall–Kier alpha value is -2.17. The van der Waals surface area contributed by atoms with Crippen molar-refractivity contribution in [3.8, 4) is 0 Å². The molecule has 0 bridgehead atoms. The summed E-state index contributed by atoms with van der Waals surface area (Å²) in [7, 11) is 0. The number of aryl methyl sites for hydroxylation is 1. The average molecular weight is 261 g/mol. The zero-order valence-electron chi connectivity index (χ0n) is 11.3. The van der Waals surface area contributed by atoms with E-state index in [0.717, 1.165) is 5.56 Å². The summed E-state index contributed by atoms with van der Waals surface area (Å²) < 4.78 is 5.07. The van der Waals surface area contributed by atoms with Gasteiger partial charge in [-0.25, -0.2) is 4.79 Å². The van der Waals surface area contributed by atoms with Gasteiger partial charge in [0.05, 0.1) is 11.1 Å². The van der Waals surface area contributed by atoms with Crippen molar-refractivity contribution in [2.75, 3.05) is 0 Å². The summed E-state index contributed by atoms with van der Waals surface area (Å²) in [4.78, 5) is 36.6. The fourth-order valence-corrected chi connectivity index (χ4v) is 1.83. The van der Waals surface area contributed by atoms with Crippen molar-refractivity contribution < 1.29 is 19.1 Å². The normalized spacial score (nSPS) is 14.6. The number of hydrogen-bond donors (Lipinski definition) is 0. The number of imide groups is 3. The van der Waals surface area contributed by atoms with E-state index >= 15 is 0 Å². The fraction of sp³-hybridized carbons (Fsp3) is 0.357. The van der Waals surface area contributed by atoms with Gasteiger partial charge in [0.2, 0.25) is 0 Å². The highest BCUT2D eigenvalue weighted by molar-refractivity contribution is 6.28. The molecule has 3 amide bonds. The van der Waals surface area contributed by atoms with E-state index in [4.69, 9.17) is 4.74 Å². The first-order valence-electron chi connectivity index (χ1n) is 5.93. The van der Waals surface area contributed by atoms with E-state index in [2.05, 4.69) is 0 Å². The fourth-order valence-electron chi connectivity index (χ4n) is 1.83. The molecule has 0 saturated carbocycles. The average Bonchev–Trinajstić information content (AvgIpc) is 2.49. The molecule has 1 aliphatic heterocycles. The summed E-state index contributed by atoms with van der Waals surface area (Å²) in [5, 5.41) is 0. The zero-order chi connectivity index (χ0) is 14.4. The molecule has 0 saturated heterocycles. The lowest BCUT2D eigenvalue weighted by Gasteiger charge is -2.22. The monoisotopic (exact) mass is 261 g/mol. The van der Waals surface area contributed by atoms with Gasteiger partial charge in [-0.05, 0) is 39.8 Å². The Morgan fingerprint density at radius 2 is 1.68 bits per heavy atom. The second-order valence-electron chi connectivity index (χ2n) is 5.48. The smallest absolute Gasteiger partial charge is 0.424 e. The van der Waals surface area contributed by atoms with Crippen LogP contribution in [0.3, 0.4) is 0 Å². The maximum atomic E-state index is 12.1. The summed E-state index contributed by atoms with van der Waals surface area (Å²) >= 11 is 0. The van der Waals surface area contributed by atoms with Crippen molar-refractivity contribution in [1.82, 2.24) is 4.90 Å². The molecule has 0 unspecified atom stereocenters. The molecule has 5 nitrogen and oxygen atoms in total. The number of nitrogens with zero attached hydrogens (tertiary/aromatic N) is 1. The van der Waals surface area contributed by atoms with Crippen LogP contribution in [-0.4, -0.2) is 28.4 Å². The minimum Gasteiger partial charge on any atom is -0.443 e. The van der Waals surface area contributed by atoms with Gasteiger partial charge in [-0.1, -0.05) is 11.6 Å². The maximum Gasteiger partial charge on any atom is 0.424 e. The van der Waals surface area contributed by atoms with Crippen LogP contribution in [0.4, 0.5) is 4.79 Å². The molecule has 1 heterocycles. The van der Waals surface area contributed by atoms with Crippen molar-refractivity contribution in [2.45, 2.75) is 33.3 Å². The van der Waals surface area contributed by atoms with Gasteiger partial charge in [0.15, 0.2) is 0 Å². The van der Waals surface area contributed by atoms with E-state index in [1.165, 1.54) is 0 Å². The van der Waals surface area contributed by atoms with Gasteiger partial charge in [-0.15, -0.1) is 0 Å². The van der Waals surface area contributed by atoms with Crippen LogP contribution in [0.25, 0.3) is 0 Å². The molecule has 2 rings (SSSR count). The predicted octanol–water partition coefficient (Wildman–Crippen LogP) is 2.53. The number of carbonyl (C=O) groups excluding carboxylic acids is 3. The lowest BCUT2D eigenvalue weighted by molar-refractivity contribution is 0.0255. The minimum atomic E-state index is -0.934. The Labute approximate surface area is 111 Å². The molecule has 0 spiro atoms. The summed E-state index contributed by atoms with van der Waals surface area (Å²) in [5.74, 6) is -1.26. The summed E-state index contributed by atoms with van der Waals surface area (Å²) in [5.41, 5.74) is 0.575. The number of fused-ring (bicyclic) bond motifs is 1. The molecular formula is C14H15NO4. The Kier molecular flexibility index (Phi) is 2.92. The number of rotatable bonds is 0. The molecule has 0 atom stereocenters. The standard InChI is InChI=1S/C14H15NO4/c1-8-5-6-9-10(7-8)12(17)15(11(9)16)13(18)19-14(2,3)4/h5-7H,1-4H3. The van der Waals surface area contributed by atoms with E-state index in [-0.39, 0.29) is 11.1 Å². The maximum absolute atomic E-state index is 12.1. The Morgan fingerprint density at radius 1 is 1.11 bits per heavy atom. The molecule has 5 heteroatoms. The van der Waals surface area contributed by atoms with Crippen LogP contribution >= 0.6 is 0 Å². The van der Waals surface area contributed by atoms with Gasteiger partial charge in [-0.3, -0.25) is 9.59 Å².